The number of guanidine groups is 1. The fraction of sp³-hybridized carbons (Fsp3) is 0.600. The van der Waals surface area contributed by atoms with E-state index in [9.17, 15) is 4.79 Å². The van der Waals surface area contributed by atoms with Crippen molar-refractivity contribution < 1.29 is 4.79 Å². The van der Waals surface area contributed by atoms with Crippen LogP contribution in [-0.4, -0.2) is 29.1 Å². The zero-order valence-electron chi connectivity index (χ0n) is 6.18. The average Bonchev–Trinajstić information content (AvgIpc) is 1.81. The molecule has 1 N–H and O–H groups in total. The Morgan fingerprint density at radius 1 is 1.70 bits per heavy atom. The van der Waals surface area contributed by atoms with Crippen molar-refractivity contribution in [2.24, 2.45) is 4.99 Å². The van der Waals surface area contributed by atoms with Crippen LogP contribution in [0.3, 0.4) is 0 Å². The Hall–Kier alpha value is -0.330. The highest BCUT2D eigenvalue weighted by Gasteiger charge is 2.01. The maximum atomic E-state index is 10.5. The van der Waals surface area contributed by atoms with Crippen LogP contribution in [0.25, 0.3) is 0 Å². The largest absolute Gasteiger partial charge is 0.296 e. The molecule has 0 heterocycles. The number of amides is 1. The lowest BCUT2D eigenvalue weighted by molar-refractivity contribution is -0.117. The van der Waals surface area contributed by atoms with Gasteiger partial charge in [-0.3, -0.25) is 18.2 Å². The van der Waals surface area contributed by atoms with E-state index in [0.29, 0.717) is 5.96 Å². The highest BCUT2D eigenvalue weighted by molar-refractivity contribution is 14.1. The van der Waals surface area contributed by atoms with Crippen molar-refractivity contribution in [3.63, 3.8) is 0 Å². The predicted molar refractivity (Wildman–Crippen MR) is 49.0 cm³/mol. The fourth-order valence-corrected chi connectivity index (χ4v) is 0.765. The van der Waals surface area contributed by atoms with E-state index in [0.717, 1.165) is 0 Å². The van der Waals surface area contributed by atoms with Gasteiger partial charge < -0.3 is 0 Å². The maximum Gasteiger partial charge on any atom is 0.223 e. The SMILES string of the molecule is C/N=C(/NC(C)=O)N(C)I. The Bertz CT molecular complexity index is 155. The zero-order chi connectivity index (χ0) is 8.15. The molecule has 10 heavy (non-hydrogen) atoms. The molecule has 0 atom stereocenters. The van der Waals surface area contributed by atoms with Gasteiger partial charge in [0.05, 0.1) is 22.9 Å². The summed E-state index contributed by atoms with van der Waals surface area (Å²) in [6.07, 6.45) is 0. The van der Waals surface area contributed by atoms with Crippen LogP contribution < -0.4 is 5.32 Å². The van der Waals surface area contributed by atoms with Crippen LogP contribution in [0.2, 0.25) is 0 Å². The molecule has 4 nitrogen and oxygen atoms in total. The number of nitrogens with one attached hydrogen (secondary N) is 1. The normalized spacial score (nSPS) is 11.0. The van der Waals surface area contributed by atoms with Crippen LogP contribution in [0, 0.1) is 0 Å². The van der Waals surface area contributed by atoms with Crippen LogP contribution in [0.5, 0.6) is 0 Å². The first-order chi connectivity index (χ1) is 4.57. The van der Waals surface area contributed by atoms with Gasteiger partial charge in [0.1, 0.15) is 0 Å². The molecule has 0 saturated heterocycles. The van der Waals surface area contributed by atoms with E-state index in [4.69, 9.17) is 0 Å². The van der Waals surface area contributed by atoms with Gasteiger partial charge in [0.2, 0.25) is 11.9 Å². The summed E-state index contributed by atoms with van der Waals surface area (Å²) in [7, 11) is 3.43. The van der Waals surface area contributed by atoms with E-state index in [2.05, 4.69) is 10.3 Å². The molecule has 1 amide bonds. The molecule has 0 fully saturated rings. The fourth-order valence-electron chi connectivity index (χ4n) is 0.428. The summed E-state index contributed by atoms with van der Waals surface area (Å²) in [5, 5.41) is 2.56. The third-order valence-corrected chi connectivity index (χ3v) is 1.25. The molecule has 0 bridgehead atoms. The molecule has 5 heteroatoms. The third kappa shape index (κ3) is 3.65. The van der Waals surface area contributed by atoms with E-state index >= 15 is 0 Å². The van der Waals surface area contributed by atoms with Gasteiger partial charge in [-0.05, 0) is 0 Å². The van der Waals surface area contributed by atoms with Crippen LogP contribution in [0.1, 0.15) is 6.92 Å². The standard InChI is InChI=1S/C5H10IN3O/c1-4(10)8-5(7-2)9(3)6/h1-3H3,(H,7,8,10). The van der Waals surface area contributed by atoms with Crippen LogP contribution >= 0.6 is 22.9 Å². The molecule has 0 aliphatic rings. The molecule has 0 aromatic rings. The highest BCUT2D eigenvalue weighted by atomic mass is 127. The topological polar surface area (TPSA) is 44.7 Å². The predicted octanol–water partition coefficient (Wildman–Crippen LogP) is 0.390. The average molecular weight is 255 g/mol. The summed E-state index contributed by atoms with van der Waals surface area (Å²) in [6, 6.07) is 0. The first-order valence-corrected chi connectivity index (χ1v) is 3.68. The van der Waals surface area contributed by atoms with Gasteiger partial charge in [-0.15, -0.1) is 0 Å². The minimum Gasteiger partial charge on any atom is -0.296 e. The van der Waals surface area contributed by atoms with Gasteiger partial charge in [0.25, 0.3) is 0 Å². The van der Waals surface area contributed by atoms with Gasteiger partial charge in [-0.1, -0.05) is 0 Å². The number of hydrogen-bond acceptors (Lipinski definition) is 2. The lowest BCUT2D eigenvalue weighted by Gasteiger charge is -2.11. The van der Waals surface area contributed by atoms with Crippen molar-refractivity contribution in [2.75, 3.05) is 14.1 Å². The molecule has 0 radical (unpaired) electrons. The summed E-state index contributed by atoms with van der Waals surface area (Å²) in [5.41, 5.74) is 0. The van der Waals surface area contributed by atoms with E-state index < -0.39 is 0 Å². The molecule has 58 valence electrons. The Morgan fingerprint density at radius 2 is 2.20 bits per heavy atom. The summed E-state index contributed by atoms with van der Waals surface area (Å²) in [5.74, 6) is 0.456. The van der Waals surface area contributed by atoms with Gasteiger partial charge in [-0.2, -0.15) is 0 Å². The Kier molecular flexibility index (Phi) is 4.33. The Morgan fingerprint density at radius 3 is 2.30 bits per heavy atom. The molecule has 0 aliphatic carbocycles. The van der Waals surface area contributed by atoms with Crippen molar-refractivity contribution in [2.45, 2.75) is 6.92 Å². The number of halogens is 1. The lowest BCUT2D eigenvalue weighted by Crippen LogP contribution is -2.35. The molecule has 0 unspecified atom stereocenters. The molecular weight excluding hydrogens is 245 g/mol. The number of rotatable bonds is 0. The molecule has 0 spiro atoms. The van der Waals surface area contributed by atoms with Gasteiger partial charge in [0.15, 0.2) is 0 Å². The molecule has 0 aliphatic heterocycles. The van der Waals surface area contributed by atoms with Crippen LogP contribution in [0.4, 0.5) is 0 Å². The second kappa shape index (κ2) is 4.48. The number of hydrogen-bond donors (Lipinski definition) is 1. The summed E-state index contributed by atoms with van der Waals surface area (Å²) >= 11 is 2.03. The number of aliphatic imine (C=N–C) groups is 1. The summed E-state index contributed by atoms with van der Waals surface area (Å²) < 4.78 is 1.71. The minimum atomic E-state index is -0.107. The second-order valence-corrected chi connectivity index (χ2v) is 3.15. The van der Waals surface area contributed by atoms with Crippen LogP contribution in [0.15, 0.2) is 4.99 Å². The van der Waals surface area contributed by atoms with Crippen molar-refractivity contribution in [3.05, 3.63) is 0 Å². The maximum absolute atomic E-state index is 10.5. The highest BCUT2D eigenvalue weighted by Crippen LogP contribution is 1.92. The zero-order valence-corrected chi connectivity index (χ0v) is 8.34. The van der Waals surface area contributed by atoms with Crippen molar-refractivity contribution in [3.8, 4) is 0 Å². The van der Waals surface area contributed by atoms with E-state index in [-0.39, 0.29) is 5.91 Å². The summed E-state index contributed by atoms with van der Waals surface area (Å²) in [6.45, 7) is 1.45. The van der Waals surface area contributed by atoms with Crippen LogP contribution in [-0.2, 0) is 4.79 Å². The molecule has 0 saturated carbocycles. The lowest BCUT2D eigenvalue weighted by atomic mass is 10.7. The van der Waals surface area contributed by atoms with Gasteiger partial charge >= 0.3 is 0 Å². The molecule has 0 rings (SSSR count). The number of nitrogens with zero attached hydrogens (tertiary/aromatic N) is 2. The molecular formula is C5H10IN3O. The first kappa shape index (κ1) is 9.67. The number of carbonyl (C=O) groups is 1. The van der Waals surface area contributed by atoms with Crippen molar-refractivity contribution in [1.82, 2.24) is 8.43 Å². The number of carbonyl (C=O) groups excluding carboxylic acids is 1. The van der Waals surface area contributed by atoms with Gasteiger partial charge in [-0.25, -0.2) is 0 Å². The van der Waals surface area contributed by atoms with Crippen molar-refractivity contribution in [1.29, 1.82) is 0 Å². The van der Waals surface area contributed by atoms with E-state index in [1.807, 2.05) is 22.9 Å². The molecule has 0 aromatic heterocycles. The smallest absolute Gasteiger partial charge is 0.223 e. The molecule has 0 aromatic carbocycles. The van der Waals surface area contributed by atoms with E-state index in [1.54, 1.807) is 17.2 Å². The first-order valence-electron chi connectivity index (χ1n) is 2.71. The van der Waals surface area contributed by atoms with Crippen molar-refractivity contribution >= 4 is 34.7 Å². The quantitative estimate of drug-likeness (QED) is 0.294. The Balaban J connectivity index is 3.99. The monoisotopic (exact) mass is 255 g/mol. The minimum absolute atomic E-state index is 0.107. The summed E-state index contributed by atoms with van der Waals surface area (Å²) in [4.78, 5) is 14.3. The van der Waals surface area contributed by atoms with E-state index in [1.165, 1.54) is 6.92 Å². The van der Waals surface area contributed by atoms with Gasteiger partial charge in [0, 0.05) is 21.0 Å². The second-order valence-electron chi connectivity index (χ2n) is 1.71. The third-order valence-electron chi connectivity index (χ3n) is 0.791. The Labute approximate surface area is 74.2 Å².